The summed E-state index contributed by atoms with van der Waals surface area (Å²) in [7, 11) is 3.63. The molecule has 1 aromatic rings. The molecule has 0 bridgehead atoms. The molecule has 0 saturated heterocycles. The molecule has 5 heteroatoms. The van der Waals surface area contributed by atoms with Gasteiger partial charge in [-0.2, -0.15) is 0 Å². The Kier molecular flexibility index (Phi) is 6.39. The molecule has 0 aromatic heterocycles. The quantitative estimate of drug-likeness (QED) is 0.617. The van der Waals surface area contributed by atoms with Crippen LogP contribution in [0.5, 0.6) is 0 Å². The lowest BCUT2D eigenvalue weighted by atomic mass is 10.1. The molecule has 0 unspecified atom stereocenters. The van der Waals surface area contributed by atoms with E-state index in [0.717, 1.165) is 30.3 Å². The lowest BCUT2D eigenvalue weighted by Gasteiger charge is -2.21. The molecule has 0 aliphatic carbocycles. The van der Waals surface area contributed by atoms with Crippen LogP contribution in [-0.2, 0) is 9.53 Å². The number of carbonyl (C=O) groups is 1. The second-order valence-corrected chi connectivity index (χ2v) is 4.58. The lowest BCUT2D eigenvalue weighted by Crippen LogP contribution is -2.20. The van der Waals surface area contributed by atoms with E-state index in [0.29, 0.717) is 11.6 Å². The van der Waals surface area contributed by atoms with Gasteiger partial charge in [-0.1, -0.05) is 11.6 Å². The third-order valence-electron chi connectivity index (χ3n) is 2.65. The Morgan fingerprint density at radius 2 is 2.26 bits per heavy atom. The van der Waals surface area contributed by atoms with E-state index in [1.807, 2.05) is 13.1 Å². The van der Waals surface area contributed by atoms with Gasteiger partial charge < -0.3 is 14.7 Å². The number of anilines is 1. The molecule has 0 amide bonds. The minimum atomic E-state index is -0.979. The Bertz CT molecular complexity index is 460. The van der Waals surface area contributed by atoms with Crippen LogP contribution < -0.4 is 4.90 Å². The van der Waals surface area contributed by atoms with Crippen molar-refractivity contribution in [2.75, 3.05) is 32.2 Å². The number of rotatable bonds is 7. The maximum atomic E-state index is 10.6. The van der Waals surface area contributed by atoms with Crippen molar-refractivity contribution < 1.29 is 14.6 Å². The van der Waals surface area contributed by atoms with Crippen molar-refractivity contribution >= 4 is 29.3 Å². The van der Waals surface area contributed by atoms with Gasteiger partial charge in [-0.25, -0.2) is 4.79 Å². The number of ether oxygens (including phenoxy) is 1. The summed E-state index contributed by atoms with van der Waals surface area (Å²) < 4.78 is 5.02. The highest BCUT2D eigenvalue weighted by atomic mass is 35.5. The van der Waals surface area contributed by atoms with E-state index in [9.17, 15) is 4.79 Å². The van der Waals surface area contributed by atoms with E-state index >= 15 is 0 Å². The van der Waals surface area contributed by atoms with Gasteiger partial charge in [0, 0.05) is 44.1 Å². The standard InChI is InChI=1S/C14H18ClNO3/c1-16(8-3-9-19-2)13-6-5-12(15)10-11(13)4-7-14(17)18/h4-7,10H,3,8-9H2,1-2H3,(H,17,18)/b7-4+. The van der Waals surface area contributed by atoms with Crippen LogP contribution >= 0.6 is 11.6 Å². The predicted octanol–water partition coefficient (Wildman–Crippen LogP) is 2.91. The van der Waals surface area contributed by atoms with Gasteiger partial charge in [-0.05, 0) is 36.3 Å². The van der Waals surface area contributed by atoms with E-state index in [4.69, 9.17) is 21.4 Å². The summed E-state index contributed by atoms with van der Waals surface area (Å²) in [6.45, 7) is 1.52. The summed E-state index contributed by atoms with van der Waals surface area (Å²) in [5.41, 5.74) is 1.73. The zero-order valence-electron chi connectivity index (χ0n) is 11.1. The summed E-state index contributed by atoms with van der Waals surface area (Å²) in [6.07, 6.45) is 3.56. The van der Waals surface area contributed by atoms with Gasteiger partial charge in [-0.15, -0.1) is 0 Å². The summed E-state index contributed by atoms with van der Waals surface area (Å²) in [4.78, 5) is 12.7. The highest BCUT2D eigenvalue weighted by Gasteiger charge is 2.06. The van der Waals surface area contributed by atoms with Gasteiger partial charge in [0.1, 0.15) is 0 Å². The minimum Gasteiger partial charge on any atom is -0.478 e. The first-order valence-electron chi connectivity index (χ1n) is 5.95. The monoisotopic (exact) mass is 283 g/mol. The maximum absolute atomic E-state index is 10.6. The third kappa shape index (κ3) is 5.32. The van der Waals surface area contributed by atoms with Crippen molar-refractivity contribution in [1.29, 1.82) is 0 Å². The Morgan fingerprint density at radius 3 is 2.89 bits per heavy atom. The number of carboxylic acid groups (broad SMARTS) is 1. The van der Waals surface area contributed by atoms with Crippen LogP contribution in [0.2, 0.25) is 5.02 Å². The summed E-state index contributed by atoms with van der Waals surface area (Å²) in [6, 6.07) is 5.43. The molecule has 4 nitrogen and oxygen atoms in total. The van der Waals surface area contributed by atoms with Crippen molar-refractivity contribution in [3.8, 4) is 0 Å². The van der Waals surface area contributed by atoms with E-state index in [2.05, 4.69) is 4.90 Å². The second kappa shape index (κ2) is 7.81. The van der Waals surface area contributed by atoms with Gasteiger partial charge in [0.2, 0.25) is 0 Å². The van der Waals surface area contributed by atoms with Gasteiger partial charge in [0.25, 0.3) is 0 Å². The van der Waals surface area contributed by atoms with Crippen LogP contribution in [0.1, 0.15) is 12.0 Å². The number of nitrogens with zero attached hydrogens (tertiary/aromatic N) is 1. The molecule has 19 heavy (non-hydrogen) atoms. The van der Waals surface area contributed by atoms with Gasteiger partial charge in [-0.3, -0.25) is 0 Å². The van der Waals surface area contributed by atoms with Crippen LogP contribution in [0.3, 0.4) is 0 Å². The number of methoxy groups -OCH3 is 1. The Labute approximate surface area is 118 Å². The van der Waals surface area contributed by atoms with Gasteiger partial charge in [0.05, 0.1) is 0 Å². The van der Waals surface area contributed by atoms with Gasteiger partial charge in [0.15, 0.2) is 0 Å². The Balaban J connectivity index is 2.89. The number of carboxylic acids is 1. The number of halogens is 1. The molecule has 0 spiro atoms. The largest absolute Gasteiger partial charge is 0.478 e. The summed E-state index contributed by atoms with van der Waals surface area (Å²) >= 11 is 5.94. The van der Waals surface area contributed by atoms with E-state index in [1.165, 1.54) is 0 Å². The molecular formula is C14H18ClNO3. The molecule has 1 N–H and O–H groups in total. The first kappa shape index (κ1) is 15.5. The van der Waals surface area contributed by atoms with Crippen LogP contribution in [0, 0.1) is 0 Å². The number of benzene rings is 1. The molecule has 0 saturated carbocycles. The lowest BCUT2D eigenvalue weighted by molar-refractivity contribution is -0.131. The van der Waals surface area contributed by atoms with Crippen LogP contribution in [0.15, 0.2) is 24.3 Å². The zero-order valence-corrected chi connectivity index (χ0v) is 11.9. The normalized spacial score (nSPS) is 10.9. The minimum absolute atomic E-state index is 0.582. The van der Waals surface area contributed by atoms with Crippen molar-refractivity contribution in [3.63, 3.8) is 0 Å². The highest BCUT2D eigenvalue weighted by molar-refractivity contribution is 6.30. The molecule has 0 aliphatic rings. The summed E-state index contributed by atoms with van der Waals surface area (Å²) in [5, 5.41) is 9.28. The van der Waals surface area contributed by atoms with E-state index in [1.54, 1.807) is 25.3 Å². The molecule has 0 heterocycles. The third-order valence-corrected chi connectivity index (χ3v) is 2.88. The zero-order chi connectivity index (χ0) is 14.3. The molecule has 104 valence electrons. The van der Waals surface area contributed by atoms with E-state index in [-0.39, 0.29) is 0 Å². The molecule has 1 aromatic carbocycles. The fourth-order valence-corrected chi connectivity index (χ4v) is 1.91. The molecular weight excluding hydrogens is 266 g/mol. The first-order chi connectivity index (χ1) is 9.04. The fourth-order valence-electron chi connectivity index (χ4n) is 1.73. The van der Waals surface area contributed by atoms with Crippen LogP contribution in [0.25, 0.3) is 6.08 Å². The van der Waals surface area contributed by atoms with Crippen molar-refractivity contribution in [3.05, 3.63) is 34.9 Å². The molecule has 0 aliphatic heterocycles. The van der Waals surface area contributed by atoms with Crippen LogP contribution in [-0.4, -0.2) is 38.4 Å². The molecule has 0 fully saturated rings. The Morgan fingerprint density at radius 1 is 1.53 bits per heavy atom. The average Bonchev–Trinajstić information content (AvgIpc) is 2.36. The fraction of sp³-hybridized carbons (Fsp3) is 0.357. The number of aliphatic carboxylic acids is 1. The van der Waals surface area contributed by atoms with Crippen LogP contribution in [0.4, 0.5) is 5.69 Å². The summed E-state index contributed by atoms with van der Waals surface area (Å²) in [5.74, 6) is -0.979. The number of hydrogen-bond donors (Lipinski definition) is 1. The molecule has 1 rings (SSSR count). The highest BCUT2D eigenvalue weighted by Crippen LogP contribution is 2.25. The smallest absolute Gasteiger partial charge is 0.328 e. The predicted molar refractivity (Wildman–Crippen MR) is 77.9 cm³/mol. The Hall–Kier alpha value is -1.52. The average molecular weight is 284 g/mol. The maximum Gasteiger partial charge on any atom is 0.328 e. The van der Waals surface area contributed by atoms with E-state index < -0.39 is 5.97 Å². The number of hydrogen-bond acceptors (Lipinski definition) is 3. The second-order valence-electron chi connectivity index (χ2n) is 4.14. The van der Waals surface area contributed by atoms with Crippen molar-refractivity contribution in [2.45, 2.75) is 6.42 Å². The van der Waals surface area contributed by atoms with Crippen molar-refractivity contribution in [1.82, 2.24) is 0 Å². The SMILES string of the molecule is COCCCN(C)c1ccc(Cl)cc1/C=C/C(=O)O. The van der Waals surface area contributed by atoms with Gasteiger partial charge >= 0.3 is 5.97 Å². The molecule has 0 radical (unpaired) electrons. The van der Waals surface area contributed by atoms with Crippen molar-refractivity contribution in [2.24, 2.45) is 0 Å². The first-order valence-corrected chi connectivity index (χ1v) is 6.33. The topological polar surface area (TPSA) is 49.8 Å². The molecule has 0 atom stereocenters.